The summed E-state index contributed by atoms with van der Waals surface area (Å²) in [5.74, 6) is -1.07. The molecule has 0 aliphatic rings. The molecule has 3 heteroatoms. The standard InChI is InChI=1S/C16H17F2N/c1-2-10-19-16(12-6-4-3-5-7-12)14-9-8-13(17)11-15(14)18/h3-9,11,16,19H,2,10H2,1H3. The fraction of sp³-hybridized carbons (Fsp3) is 0.250. The lowest BCUT2D eigenvalue weighted by atomic mass is 9.98. The monoisotopic (exact) mass is 261 g/mol. The predicted molar refractivity (Wildman–Crippen MR) is 72.9 cm³/mol. The molecule has 2 aromatic carbocycles. The maximum atomic E-state index is 13.9. The van der Waals surface area contributed by atoms with E-state index in [0.29, 0.717) is 5.56 Å². The molecule has 1 atom stereocenters. The second-order valence-corrected chi connectivity index (χ2v) is 4.46. The first-order valence-electron chi connectivity index (χ1n) is 6.45. The van der Waals surface area contributed by atoms with Crippen LogP contribution in [-0.2, 0) is 0 Å². The molecule has 0 fully saturated rings. The van der Waals surface area contributed by atoms with Gasteiger partial charge in [-0.3, -0.25) is 0 Å². The van der Waals surface area contributed by atoms with Gasteiger partial charge in [-0.25, -0.2) is 8.78 Å². The third-order valence-corrected chi connectivity index (χ3v) is 3.00. The summed E-state index contributed by atoms with van der Waals surface area (Å²) in [6.07, 6.45) is 0.951. The van der Waals surface area contributed by atoms with Gasteiger partial charge in [0.2, 0.25) is 0 Å². The minimum absolute atomic E-state index is 0.248. The summed E-state index contributed by atoms with van der Waals surface area (Å²) in [5, 5.41) is 3.30. The van der Waals surface area contributed by atoms with Crippen molar-refractivity contribution in [2.75, 3.05) is 6.54 Å². The number of hydrogen-bond donors (Lipinski definition) is 1. The maximum absolute atomic E-state index is 13.9. The Morgan fingerprint density at radius 3 is 2.42 bits per heavy atom. The molecule has 2 rings (SSSR count). The molecule has 1 N–H and O–H groups in total. The first kappa shape index (κ1) is 13.7. The van der Waals surface area contributed by atoms with Gasteiger partial charge in [0.1, 0.15) is 11.6 Å². The molecule has 0 saturated heterocycles. The van der Waals surface area contributed by atoms with Crippen LogP contribution in [0, 0.1) is 11.6 Å². The smallest absolute Gasteiger partial charge is 0.131 e. The van der Waals surface area contributed by atoms with Crippen molar-refractivity contribution in [3.63, 3.8) is 0 Å². The Hall–Kier alpha value is -1.74. The molecule has 0 aromatic heterocycles. The molecule has 19 heavy (non-hydrogen) atoms. The van der Waals surface area contributed by atoms with E-state index in [-0.39, 0.29) is 6.04 Å². The molecule has 0 aliphatic heterocycles. The van der Waals surface area contributed by atoms with Gasteiger partial charge in [0.05, 0.1) is 6.04 Å². The van der Waals surface area contributed by atoms with Crippen LogP contribution in [0.2, 0.25) is 0 Å². The van der Waals surface area contributed by atoms with Crippen molar-refractivity contribution in [1.82, 2.24) is 5.32 Å². The van der Waals surface area contributed by atoms with Gasteiger partial charge in [-0.15, -0.1) is 0 Å². The Kier molecular flexibility index (Phi) is 4.63. The van der Waals surface area contributed by atoms with Crippen LogP contribution in [-0.4, -0.2) is 6.54 Å². The summed E-state index contributed by atoms with van der Waals surface area (Å²) in [6.45, 7) is 2.83. The summed E-state index contributed by atoms with van der Waals surface area (Å²) in [5.41, 5.74) is 1.45. The fourth-order valence-corrected chi connectivity index (χ4v) is 2.08. The summed E-state index contributed by atoms with van der Waals surface area (Å²) in [6, 6.07) is 13.1. The highest BCUT2D eigenvalue weighted by Gasteiger charge is 2.17. The summed E-state index contributed by atoms with van der Waals surface area (Å²) in [4.78, 5) is 0. The lowest BCUT2D eigenvalue weighted by molar-refractivity contribution is 0.533. The highest BCUT2D eigenvalue weighted by atomic mass is 19.1. The Bertz CT molecular complexity index is 526. The molecule has 100 valence electrons. The van der Waals surface area contributed by atoms with Crippen LogP contribution in [0.1, 0.15) is 30.5 Å². The number of rotatable bonds is 5. The van der Waals surface area contributed by atoms with E-state index in [1.54, 1.807) is 0 Å². The number of nitrogens with one attached hydrogen (secondary N) is 1. The minimum atomic E-state index is -0.552. The van der Waals surface area contributed by atoms with Crippen LogP contribution >= 0.6 is 0 Å². The molecular weight excluding hydrogens is 244 g/mol. The van der Waals surface area contributed by atoms with Gasteiger partial charge in [-0.05, 0) is 24.6 Å². The van der Waals surface area contributed by atoms with Crippen LogP contribution in [0.15, 0.2) is 48.5 Å². The highest BCUT2D eigenvalue weighted by Crippen LogP contribution is 2.24. The largest absolute Gasteiger partial charge is 0.306 e. The Labute approximate surface area is 112 Å². The van der Waals surface area contributed by atoms with Gasteiger partial charge in [0.25, 0.3) is 0 Å². The van der Waals surface area contributed by atoms with Crippen LogP contribution in [0.5, 0.6) is 0 Å². The third-order valence-electron chi connectivity index (χ3n) is 3.00. The average Bonchev–Trinajstić information content (AvgIpc) is 2.42. The fourth-order valence-electron chi connectivity index (χ4n) is 2.08. The van der Waals surface area contributed by atoms with Crippen molar-refractivity contribution < 1.29 is 8.78 Å². The Morgan fingerprint density at radius 2 is 1.79 bits per heavy atom. The van der Waals surface area contributed by atoms with Crippen LogP contribution < -0.4 is 5.32 Å². The second-order valence-electron chi connectivity index (χ2n) is 4.46. The topological polar surface area (TPSA) is 12.0 Å². The lowest BCUT2D eigenvalue weighted by Gasteiger charge is -2.20. The number of benzene rings is 2. The van der Waals surface area contributed by atoms with Crippen LogP contribution in [0.3, 0.4) is 0 Å². The molecule has 0 amide bonds. The van der Waals surface area contributed by atoms with E-state index >= 15 is 0 Å². The quantitative estimate of drug-likeness (QED) is 0.856. The SMILES string of the molecule is CCCNC(c1ccccc1)c1ccc(F)cc1F. The van der Waals surface area contributed by atoms with Gasteiger partial charge >= 0.3 is 0 Å². The molecule has 1 nitrogen and oxygen atoms in total. The highest BCUT2D eigenvalue weighted by molar-refractivity contribution is 5.32. The zero-order valence-corrected chi connectivity index (χ0v) is 10.9. The van der Waals surface area contributed by atoms with Crippen molar-refractivity contribution in [2.45, 2.75) is 19.4 Å². The summed E-state index contributed by atoms with van der Waals surface area (Å²) >= 11 is 0. The van der Waals surface area contributed by atoms with E-state index in [2.05, 4.69) is 12.2 Å². The maximum Gasteiger partial charge on any atom is 0.131 e. The summed E-state index contributed by atoms with van der Waals surface area (Å²) < 4.78 is 26.9. The van der Waals surface area contributed by atoms with Crippen molar-refractivity contribution in [2.24, 2.45) is 0 Å². The molecule has 2 aromatic rings. The number of hydrogen-bond acceptors (Lipinski definition) is 1. The van der Waals surface area contributed by atoms with E-state index in [1.165, 1.54) is 12.1 Å². The van der Waals surface area contributed by atoms with Crippen molar-refractivity contribution >= 4 is 0 Å². The molecule has 0 bridgehead atoms. The zero-order valence-electron chi connectivity index (χ0n) is 10.9. The van der Waals surface area contributed by atoms with Crippen LogP contribution in [0.4, 0.5) is 8.78 Å². The van der Waals surface area contributed by atoms with Gasteiger partial charge in [0.15, 0.2) is 0 Å². The summed E-state index contributed by atoms with van der Waals surface area (Å²) in [7, 11) is 0. The molecule has 0 saturated carbocycles. The normalized spacial score (nSPS) is 12.4. The predicted octanol–water partition coefficient (Wildman–Crippen LogP) is 4.05. The van der Waals surface area contributed by atoms with Crippen molar-refractivity contribution in [1.29, 1.82) is 0 Å². The lowest BCUT2D eigenvalue weighted by Crippen LogP contribution is -2.24. The van der Waals surface area contributed by atoms with E-state index in [4.69, 9.17) is 0 Å². The zero-order chi connectivity index (χ0) is 13.7. The first-order valence-corrected chi connectivity index (χ1v) is 6.45. The molecule has 0 heterocycles. The number of halogens is 2. The van der Waals surface area contributed by atoms with Crippen molar-refractivity contribution in [3.05, 3.63) is 71.3 Å². The van der Waals surface area contributed by atoms with Crippen LogP contribution in [0.25, 0.3) is 0 Å². The molecule has 1 unspecified atom stereocenters. The van der Waals surface area contributed by atoms with Gasteiger partial charge in [-0.1, -0.05) is 43.3 Å². The Balaban J connectivity index is 2.37. The molecule has 0 radical (unpaired) electrons. The van der Waals surface area contributed by atoms with E-state index in [9.17, 15) is 8.78 Å². The Morgan fingerprint density at radius 1 is 1.05 bits per heavy atom. The van der Waals surface area contributed by atoms with Crippen molar-refractivity contribution in [3.8, 4) is 0 Å². The van der Waals surface area contributed by atoms with E-state index in [0.717, 1.165) is 24.6 Å². The van der Waals surface area contributed by atoms with E-state index < -0.39 is 11.6 Å². The average molecular weight is 261 g/mol. The van der Waals surface area contributed by atoms with Gasteiger partial charge in [-0.2, -0.15) is 0 Å². The first-order chi connectivity index (χ1) is 9.22. The molecule has 0 aliphatic carbocycles. The molecule has 0 spiro atoms. The minimum Gasteiger partial charge on any atom is -0.306 e. The second kappa shape index (κ2) is 6.43. The molecular formula is C16H17F2N. The van der Waals surface area contributed by atoms with Gasteiger partial charge in [0, 0.05) is 11.6 Å². The van der Waals surface area contributed by atoms with Gasteiger partial charge < -0.3 is 5.32 Å². The third kappa shape index (κ3) is 3.38. The van der Waals surface area contributed by atoms with E-state index in [1.807, 2.05) is 30.3 Å².